The Bertz CT molecular complexity index is 162. The largest absolute Gasteiger partial charge is 0.436 e. The average molecular weight is 234 g/mol. The number of ether oxygens (including phenoxy) is 2. The van der Waals surface area contributed by atoms with Crippen molar-refractivity contribution in [2.75, 3.05) is 12.4 Å². The summed E-state index contributed by atoms with van der Waals surface area (Å²) in [6.07, 6.45) is 3.79. The minimum atomic E-state index is -0.367. The highest BCUT2D eigenvalue weighted by atomic mass is 32.1. The summed E-state index contributed by atoms with van der Waals surface area (Å²) in [5.41, 5.74) is 0. The second kappa shape index (κ2) is 10.3. The number of carbonyl (C=O) groups is 1. The van der Waals surface area contributed by atoms with Gasteiger partial charge >= 0.3 is 5.97 Å². The molecule has 0 radical (unpaired) electrons. The number of carbonyl (C=O) groups excluding carboxylic acids is 1. The van der Waals surface area contributed by atoms with Crippen molar-refractivity contribution in [2.45, 2.75) is 52.2 Å². The first-order valence-electron chi connectivity index (χ1n) is 5.66. The van der Waals surface area contributed by atoms with Gasteiger partial charge in [0.2, 0.25) is 6.29 Å². The van der Waals surface area contributed by atoms with Crippen LogP contribution in [0.2, 0.25) is 0 Å². The molecule has 0 bridgehead atoms. The van der Waals surface area contributed by atoms with Crippen molar-refractivity contribution in [2.24, 2.45) is 0 Å². The topological polar surface area (TPSA) is 35.5 Å². The van der Waals surface area contributed by atoms with E-state index in [1.807, 2.05) is 6.92 Å². The summed E-state index contributed by atoms with van der Waals surface area (Å²) >= 11 is 3.98. The number of thiol groups is 1. The summed E-state index contributed by atoms with van der Waals surface area (Å²) in [4.78, 5) is 11.2. The van der Waals surface area contributed by atoms with Gasteiger partial charge in [0.05, 0.1) is 13.0 Å². The van der Waals surface area contributed by atoms with Gasteiger partial charge in [-0.05, 0) is 6.42 Å². The maximum atomic E-state index is 11.2. The first-order chi connectivity index (χ1) is 7.24. The summed E-state index contributed by atoms with van der Waals surface area (Å²) in [7, 11) is 0. The number of esters is 1. The highest BCUT2D eigenvalue weighted by Crippen LogP contribution is 2.07. The lowest BCUT2D eigenvalue weighted by Crippen LogP contribution is -2.22. The molecule has 0 aromatic heterocycles. The van der Waals surface area contributed by atoms with Crippen LogP contribution in [0.3, 0.4) is 0 Å². The molecule has 1 atom stereocenters. The zero-order chi connectivity index (χ0) is 11.5. The Kier molecular flexibility index (Phi) is 10.2. The van der Waals surface area contributed by atoms with Crippen LogP contribution in [-0.4, -0.2) is 24.6 Å². The fraction of sp³-hybridized carbons (Fsp3) is 0.909. The third-order valence-corrected chi connectivity index (χ3v) is 2.13. The Hall–Kier alpha value is -0.220. The summed E-state index contributed by atoms with van der Waals surface area (Å²) < 4.78 is 10.6. The summed E-state index contributed by atoms with van der Waals surface area (Å²) in [6.45, 7) is 4.81. The molecule has 90 valence electrons. The van der Waals surface area contributed by atoms with Gasteiger partial charge in [-0.2, -0.15) is 12.6 Å². The van der Waals surface area contributed by atoms with E-state index in [1.165, 1.54) is 0 Å². The molecule has 0 aliphatic rings. The van der Waals surface area contributed by atoms with Crippen LogP contribution in [0, 0.1) is 0 Å². The molecule has 3 nitrogen and oxygen atoms in total. The third kappa shape index (κ3) is 8.75. The zero-order valence-corrected chi connectivity index (χ0v) is 10.6. The second-order valence-electron chi connectivity index (χ2n) is 3.41. The van der Waals surface area contributed by atoms with E-state index in [2.05, 4.69) is 19.6 Å². The molecule has 0 aromatic rings. The molecular weight excluding hydrogens is 212 g/mol. The number of hydrogen-bond donors (Lipinski definition) is 1. The minimum Gasteiger partial charge on any atom is -0.436 e. The minimum absolute atomic E-state index is 0.222. The Morgan fingerprint density at radius 3 is 2.60 bits per heavy atom. The summed E-state index contributed by atoms with van der Waals surface area (Å²) in [5.74, 6) is 0.298. The molecule has 4 heteroatoms. The first-order valence-corrected chi connectivity index (χ1v) is 6.29. The molecule has 0 amide bonds. The van der Waals surface area contributed by atoms with Crippen LogP contribution >= 0.6 is 12.6 Å². The quantitative estimate of drug-likeness (QED) is 0.288. The highest BCUT2D eigenvalue weighted by Gasteiger charge is 2.12. The molecule has 0 fully saturated rings. The van der Waals surface area contributed by atoms with Crippen LogP contribution < -0.4 is 0 Å². The monoisotopic (exact) mass is 234 g/mol. The molecule has 0 saturated carbocycles. The van der Waals surface area contributed by atoms with Crippen molar-refractivity contribution in [3.05, 3.63) is 0 Å². The lowest BCUT2D eigenvalue weighted by molar-refractivity contribution is -0.179. The number of rotatable bonds is 9. The summed E-state index contributed by atoms with van der Waals surface area (Å²) in [6, 6.07) is 0. The van der Waals surface area contributed by atoms with Crippen molar-refractivity contribution in [3.8, 4) is 0 Å². The zero-order valence-electron chi connectivity index (χ0n) is 9.70. The van der Waals surface area contributed by atoms with Crippen LogP contribution in [-0.2, 0) is 14.3 Å². The lowest BCUT2D eigenvalue weighted by Gasteiger charge is -2.17. The van der Waals surface area contributed by atoms with E-state index >= 15 is 0 Å². The van der Waals surface area contributed by atoms with Crippen LogP contribution in [0.25, 0.3) is 0 Å². The van der Waals surface area contributed by atoms with Gasteiger partial charge in [-0.15, -0.1) is 0 Å². The maximum absolute atomic E-state index is 11.2. The SMILES string of the molecule is CCCCOC(CCC)OC(=O)CCS. The Labute approximate surface area is 97.9 Å². The van der Waals surface area contributed by atoms with Gasteiger partial charge in [0.15, 0.2) is 0 Å². The van der Waals surface area contributed by atoms with Crippen LogP contribution in [0.4, 0.5) is 0 Å². The molecule has 15 heavy (non-hydrogen) atoms. The normalized spacial score (nSPS) is 12.5. The molecule has 0 aliphatic heterocycles. The van der Waals surface area contributed by atoms with Crippen molar-refractivity contribution in [3.63, 3.8) is 0 Å². The standard InChI is InChI=1S/C11H22O3S/c1-3-5-8-13-11(6-4-2)14-10(12)7-9-15/h11,15H,3-9H2,1-2H3. The molecule has 0 aromatic carbocycles. The van der Waals surface area contributed by atoms with Gasteiger partial charge < -0.3 is 9.47 Å². The van der Waals surface area contributed by atoms with Gasteiger partial charge in [-0.25, -0.2) is 0 Å². The van der Waals surface area contributed by atoms with Crippen molar-refractivity contribution in [1.82, 2.24) is 0 Å². The van der Waals surface area contributed by atoms with E-state index in [-0.39, 0.29) is 12.3 Å². The van der Waals surface area contributed by atoms with Crippen molar-refractivity contribution < 1.29 is 14.3 Å². The predicted molar refractivity (Wildman–Crippen MR) is 64.1 cm³/mol. The van der Waals surface area contributed by atoms with Crippen molar-refractivity contribution >= 4 is 18.6 Å². The molecular formula is C11H22O3S. The molecule has 1 unspecified atom stereocenters. The molecule has 0 saturated heterocycles. The van der Waals surface area contributed by atoms with E-state index in [4.69, 9.17) is 9.47 Å². The number of unbranched alkanes of at least 4 members (excludes halogenated alkanes) is 1. The van der Waals surface area contributed by atoms with Gasteiger partial charge in [-0.1, -0.05) is 26.7 Å². The predicted octanol–water partition coefficient (Wildman–Crippen LogP) is 2.79. The second-order valence-corrected chi connectivity index (χ2v) is 3.85. The molecule has 0 heterocycles. The molecule has 0 spiro atoms. The van der Waals surface area contributed by atoms with E-state index in [0.29, 0.717) is 18.8 Å². The van der Waals surface area contributed by atoms with Crippen LogP contribution in [0.1, 0.15) is 46.0 Å². The van der Waals surface area contributed by atoms with Crippen LogP contribution in [0.15, 0.2) is 0 Å². The molecule has 0 rings (SSSR count). The van der Waals surface area contributed by atoms with Crippen molar-refractivity contribution in [1.29, 1.82) is 0 Å². The van der Waals surface area contributed by atoms with Gasteiger partial charge in [-0.3, -0.25) is 4.79 Å². The van der Waals surface area contributed by atoms with E-state index < -0.39 is 0 Å². The van der Waals surface area contributed by atoms with Gasteiger partial charge in [0, 0.05) is 12.2 Å². The fourth-order valence-electron chi connectivity index (χ4n) is 1.07. The molecule has 0 aliphatic carbocycles. The van der Waals surface area contributed by atoms with Gasteiger partial charge in [0.1, 0.15) is 0 Å². The third-order valence-electron chi connectivity index (χ3n) is 1.90. The average Bonchev–Trinajstić information content (AvgIpc) is 2.18. The fourth-order valence-corrected chi connectivity index (χ4v) is 1.25. The molecule has 0 N–H and O–H groups in total. The number of hydrogen-bond acceptors (Lipinski definition) is 4. The smallest absolute Gasteiger partial charge is 0.308 e. The Balaban J connectivity index is 3.75. The first kappa shape index (κ1) is 14.8. The van der Waals surface area contributed by atoms with E-state index in [0.717, 1.165) is 25.7 Å². The van der Waals surface area contributed by atoms with E-state index in [9.17, 15) is 4.79 Å². The van der Waals surface area contributed by atoms with Gasteiger partial charge in [0.25, 0.3) is 0 Å². The Morgan fingerprint density at radius 1 is 1.33 bits per heavy atom. The maximum Gasteiger partial charge on any atom is 0.308 e. The Morgan fingerprint density at radius 2 is 2.07 bits per heavy atom. The van der Waals surface area contributed by atoms with Crippen LogP contribution in [0.5, 0.6) is 0 Å². The lowest BCUT2D eigenvalue weighted by atomic mass is 10.3. The highest BCUT2D eigenvalue weighted by molar-refractivity contribution is 7.80. The van der Waals surface area contributed by atoms with E-state index in [1.54, 1.807) is 0 Å². The summed E-state index contributed by atoms with van der Waals surface area (Å²) in [5, 5.41) is 0.